The third-order valence-corrected chi connectivity index (χ3v) is 3.19. The van der Waals surface area contributed by atoms with E-state index in [9.17, 15) is 0 Å². The van der Waals surface area contributed by atoms with E-state index in [0.29, 0.717) is 0 Å². The highest BCUT2D eigenvalue weighted by atomic mass is 16.5. The first-order valence-electron chi connectivity index (χ1n) is 6.31. The van der Waals surface area contributed by atoms with Crippen LogP contribution in [0.1, 0.15) is 32.6 Å². The maximum atomic E-state index is 5.09. The van der Waals surface area contributed by atoms with Gasteiger partial charge in [0.2, 0.25) is 0 Å². The van der Waals surface area contributed by atoms with Crippen LogP contribution >= 0.6 is 0 Å². The van der Waals surface area contributed by atoms with E-state index in [4.69, 9.17) is 4.74 Å². The third-order valence-electron chi connectivity index (χ3n) is 3.19. The molecule has 1 N–H and O–H groups in total. The largest absolute Gasteiger partial charge is 0.385 e. The van der Waals surface area contributed by atoms with Gasteiger partial charge < -0.3 is 15.0 Å². The van der Waals surface area contributed by atoms with Crippen molar-refractivity contribution in [1.29, 1.82) is 0 Å². The molecule has 0 saturated carbocycles. The van der Waals surface area contributed by atoms with Crippen LogP contribution in [0.15, 0.2) is 0 Å². The second-order valence-corrected chi connectivity index (χ2v) is 4.39. The van der Waals surface area contributed by atoms with Crippen LogP contribution in [0, 0.1) is 0 Å². The van der Waals surface area contributed by atoms with Gasteiger partial charge >= 0.3 is 0 Å². The van der Waals surface area contributed by atoms with Gasteiger partial charge in [-0.15, -0.1) is 0 Å². The van der Waals surface area contributed by atoms with Crippen LogP contribution in [0.2, 0.25) is 0 Å². The van der Waals surface area contributed by atoms with E-state index in [0.717, 1.165) is 12.6 Å². The fourth-order valence-corrected chi connectivity index (χ4v) is 2.17. The SMILES string of the molecule is CCC1CCN(CCCOC)CCCN1. The van der Waals surface area contributed by atoms with E-state index in [2.05, 4.69) is 17.1 Å². The molecule has 0 spiro atoms. The number of rotatable bonds is 5. The summed E-state index contributed by atoms with van der Waals surface area (Å²) in [6.45, 7) is 8.03. The lowest BCUT2D eigenvalue weighted by Crippen LogP contribution is -2.40. The highest BCUT2D eigenvalue weighted by molar-refractivity contribution is 4.72. The van der Waals surface area contributed by atoms with Crippen molar-refractivity contribution in [3.63, 3.8) is 0 Å². The highest BCUT2D eigenvalue weighted by Crippen LogP contribution is 2.05. The minimum atomic E-state index is 0.732. The molecule has 90 valence electrons. The highest BCUT2D eigenvalue weighted by Gasteiger charge is 2.12. The molecular weight excluding hydrogens is 188 g/mol. The van der Waals surface area contributed by atoms with Gasteiger partial charge in [0.1, 0.15) is 0 Å². The Kier molecular flexibility index (Phi) is 6.98. The average Bonchev–Trinajstić information content (AvgIpc) is 2.22. The van der Waals surface area contributed by atoms with Crippen LogP contribution in [0.4, 0.5) is 0 Å². The second kappa shape index (κ2) is 8.08. The molecule has 1 aliphatic heterocycles. The number of hydrogen-bond acceptors (Lipinski definition) is 3. The summed E-state index contributed by atoms with van der Waals surface area (Å²) < 4.78 is 5.09. The molecule has 1 heterocycles. The zero-order valence-electron chi connectivity index (χ0n) is 10.3. The molecule has 0 amide bonds. The van der Waals surface area contributed by atoms with Gasteiger partial charge in [-0.3, -0.25) is 0 Å². The van der Waals surface area contributed by atoms with E-state index in [1.54, 1.807) is 7.11 Å². The van der Waals surface area contributed by atoms with E-state index >= 15 is 0 Å². The quantitative estimate of drug-likeness (QED) is 0.702. The van der Waals surface area contributed by atoms with Gasteiger partial charge in [-0.25, -0.2) is 0 Å². The second-order valence-electron chi connectivity index (χ2n) is 4.39. The zero-order chi connectivity index (χ0) is 10.9. The molecule has 1 unspecified atom stereocenters. The summed E-state index contributed by atoms with van der Waals surface area (Å²) >= 11 is 0. The fraction of sp³-hybridized carbons (Fsp3) is 1.00. The Bertz CT molecular complexity index is 153. The molecule has 1 atom stereocenters. The maximum absolute atomic E-state index is 5.09. The summed E-state index contributed by atoms with van der Waals surface area (Å²) in [5.41, 5.74) is 0. The Labute approximate surface area is 94.2 Å². The predicted molar refractivity (Wildman–Crippen MR) is 64.2 cm³/mol. The lowest BCUT2D eigenvalue weighted by atomic mass is 10.1. The molecule has 0 aromatic carbocycles. The summed E-state index contributed by atoms with van der Waals surface area (Å²) in [7, 11) is 1.78. The van der Waals surface area contributed by atoms with E-state index in [-0.39, 0.29) is 0 Å². The molecule has 1 rings (SSSR count). The molecule has 0 aromatic heterocycles. The van der Waals surface area contributed by atoms with Gasteiger partial charge in [0.05, 0.1) is 0 Å². The summed E-state index contributed by atoms with van der Waals surface area (Å²) in [5, 5.41) is 3.61. The number of nitrogens with zero attached hydrogens (tertiary/aromatic N) is 1. The van der Waals surface area contributed by atoms with Crippen LogP contribution < -0.4 is 5.32 Å². The topological polar surface area (TPSA) is 24.5 Å². The van der Waals surface area contributed by atoms with Crippen molar-refractivity contribution in [3.05, 3.63) is 0 Å². The van der Waals surface area contributed by atoms with Crippen molar-refractivity contribution in [1.82, 2.24) is 10.2 Å². The molecule has 3 nitrogen and oxygen atoms in total. The number of hydrogen-bond donors (Lipinski definition) is 1. The van der Waals surface area contributed by atoms with Gasteiger partial charge in [0, 0.05) is 26.3 Å². The van der Waals surface area contributed by atoms with Gasteiger partial charge in [0.15, 0.2) is 0 Å². The number of nitrogens with one attached hydrogen (secondary N) is 1. The summed E-state index contributed by atoms with van der Waals surface area (Å²) in [4.78, 5) is 2.59. The molecule has 3 heteroatoms. The molecule has 0 bridgehead atoms. The first-order valence-corrected chi connectivity index (χ1v) is 6.31. The molecule has 0 aliphatic carbocycles. The average molecular weight is 214 g/mol. The molecule has 0 aromatic rings. The van der Waals surface area contributed by atoms with Gasteiger partial charge in [-0.2, -0.15) is 0 Å². The standard InChI is InChI=1S/C12H26N2O/c1-3-12-6-10-14(8-4-7-13-12)9-5-11-15-2/h12-13H,3-11H2,1-2H3. The minimum Gasteiger partial charge on any atom is -0.385 e. The van der Waals surface area contributed by atoms with Crippen molar-refractivity contribution >= 4 is 0 Å². The lowest BCUT2D eigenvalue weighted by Gasteiger charge is -2.28. The Hall–Kier alpha value is -0.120. The maximum Gasteiger partial charge on any atom is 0.0474 e. The predicted octanol–water partition coefficient (Wildman–Crippen LogP) is 1.49. The monoisotopic (exact) mass is 214 g/mol. The smallest absolute Gasteiger partial charge is 0.0474 e. The van der Waals surface area contributed by atoms with Gasteiger partial charge in [-0.1, -0.05) is 6.92 Å². The van der Waals surface area contributed by atoms with Crippen LogP contribution in [0.5, 0.6) is 0 Å². The Balaban J connectivity index is 2.19. The third kappa shape index (κ3) is 5.50. The van der Waals surface area contributed by atoms with Crippen molar-refractivity contribution in [2.75, 3.05) is 39.9 Å². The van der Waals surface area contributed by atoms with Crippen molar-refractivity contribution in [3.8, 4) is 0 Å². The van der Waals surface area contributed by atoms with E-state index < -0.39 is 0 Å². The van der Waals surface area contributed by atoms with E-state index in [1.165, 1.54) is 51.9 Å². The van der Waals surface area contributed by atoms with Crippen molar-refractivity contribution in [2.45, 2.75) is 38.6 Å². The Morgan fingerprint density at radius 3 is 3.00 bits per heavy atom. The Morgan fingerprint density at radius 1 is 1.40 bits per heavy atom. The molecule has 1 fully saturated rings. The molecule has 15 heavy (non-hydrogen) atoms. The first kappa shape index (κ1) is 12.9. The summed E-state index contributed by atoms with van der Waals surface area (Å²) in [5.74, 6) is 0. The fourth-order valence-electron chi connectivity index (χ4n) is 2.17. The van der Waals surface area contributed by atoms with Crippen LogP contribution in [-0.4, -0.2) is 50.8 Å². The normalized spacial score (nSPS) is 24.8. The zero-order valence-corrected chi connectivity index (χ0v) is 10.3. The van der Waals surface area contributed by atoms with Gasteiger partial charge in [0.25, 0.3) is 0 Å². The molecule has 1 saturated heterocycles. The minimum absolute atomic E-state index is 0.732. The summed E-state index contributed by atoms with van der Waals surface area (Å²) in [6, 6.07) is 0.732. The van der Waals surface area contributed by atoms with Crippen molar-refractivity contribution < 1.29 is 4.74 Å². The summed E-state index contributed by atoms with van der Waals surface area (Å²) in [6.07, 6.45) is 5.00. The van der Waals surface area contributed by atoms with Crippen LogP contribution in [0.25, 0.3) is 0 Å². The molecule has 0 radical (unpaired) electrons. The molecular formula is C12H26N2O. The van der Waals surface area contributed by atoms with Crippen LogP contribution in [0.3, 0.4) is 0 Å². The van der Waals surface area contributed by atoms with E-state index in [1.807, 2.05) is 0 Å². The Morgan fingerprint density at radius 2 is 2.27 bits per heavy atom. The van der Waals surface area contributed by atoms with Crippen LogP contribution in [-0.2, 0) is 4.74 Å². The van der Waals surface area contributed by atoms with Gasteiger partial charge in [-0.05, 0) is 45.3 Å². The lowest BCUT2D eigenvalue weighted by molar-refractivity contribution is 0.164. The molecule has 1 aliphatic rings. The number of ether oxygens (including phenoxy) is 1. The number of methoxy groups -OCH3 is 1. The first-order chi connectivity index (χ1) is 7.36. The van der Waals surface area contributed by atoms with Crippen molar-refractivity contribution in [2.24, 2.45) is 0 Å².